The van der Waals surface area contributed by atoms with Crippen LogP contribution in [0.2, 0.25) is 0 Å². The molecule has 5 N–H and O–H groups in total. The second-order valence-corrected chi connectivity index (χ2v) is 9.97. The topological polar surface area (TPSA) is 136 Å². The van der Waals surface area contributed by atoms with Gasteiger partial charge in [-0.05, 0) is 38.4 Å². The second kappa shape index (κ2) is 9.47. The van der Waals surface area contributed by atoms with Gasteiger partial charge >= 0.3 is 0 Å². The van der Waals surface area contributed by atoms with E-state index in [1.54, 1.807) is 17.1 Å². The third kappa shape index (κ3) is 3.81. The Hall–Kier alpha value is -4.75. The summed E-state index contributed by atoms with van der Waals surface area (Å²) in [5.74, 6) is 6.13. The molecule has 3 atom stereocenters. The number of benzene rings is 4. The van der Waals surface area contributed by atoms with Gasteiger partial charge in [0, 0.05) is 18.2 Å². The van der Waals surface area contributed by atoms with Crippen molar-refractivity contribution in [2.24, 2.45) is 0 Å². The number of amides is 1. The Morgan fingerprint density at radius 1 is 1.07 bits per heavy atom. The lowest BCUT2D eigenvalue weighted by molar-refractivity contribution is -0.0430. The van der Waals surface area contributed by atoms with Crippen molar-refractivity contribution in [3.63, 3.8) is 0 Å². The molecule has 9 nitrogen and oxygen atoms in total. The van der Waals surface area contributed by atoms with Crippen LogP contribution in [0.5, 0.6) is 0 Å². The van der Waals surface area contributed by atoms with Crippen LogP contribution in [-0.2, 0) is 4.74 Å². The van der Waals surface area contributed by atoms with Crippen molar-refractivity contribution >= 4 is 55.1 Å². The van der Waals surface area contributed by atoms with E-state index < -0.39 is 18.4 Å². The fourth-order valence-corrected chi connectivity index (χ4v) is 5.72. The lowest BCUT2D eigenvalue weighted by Crippen LogP contribution is -2.24. The highest BCUT2D eigenvalue weighted by Crippen LogP contribution is 2.36. The SMILES string of the molecule is Nc1ncc(C#CCNC(=O)c2ccc3ccc4cccc5ccc2c3c45)c2c1ncn2[C@H]1C[C@H](O)[C@@H](CO)O1. The number of nitrogens with one attached hydrogen (secondary N) is 1. The van der Waals surface area contributed by atoms with E-state index >= 15 is 0 Å². The number of pyridine rings is 1. The average molecular weight is 532 g/mol. The number of nitrogens with zero attached hydrogens (tertiary/aromatic N) is 3. The van der Waals surface area contributed by atoms with Gasteiger partial charge in [-0.25, -0.2) is 9.97 Å². The summed E-state index contributed by atoms with van der Waals surface area (Å²) in [5.41, 5.74) is 8.30. The number of aromatic nitrogens is 3. The minimum Gasteiger partial charge on any atom is -0.394 e. The van der Waals surface area contributed by atoms with E-state index in [0.717, 1.165) is 32.3 Å². The molecule has 1 aliphatic rings. The predicted molar refractivity (Wildman–Crippen MR) is 153 cm³/mol. The minimum atomic E-state index is -0.795. The summed E-state index contributed by atoms with van der Waals surface area (Å²) in [4.78, 5) is 21.8. The number of aliphatic hydroxyl groups excluding tert-OH is 2. The van der Waals surface area contributed by atoms with Crippen LogP contribution in [0, 0.1) is 11.8 Å². The maximum absolute atomic E-state index is 13.3. The van der Waals surface area contributed by atoms with Crippen molar-refractivity contribution in [2.45, 2.75) is 24.9 Å². The summed E-state index contributed by atoms with van der Waals surface area (Å²) in [6, 6.07) is 18.3. The van der Waals surface area contributed by atoms with Gasteiger partial charge in [0.25, 0.3) is 5.91 Å². The molecular weight excluding hydrogens is 506 g/mol. The molecular formula is C31H25N5O4. The first-order valence-corrected chi connectivity index (χ1v) is 13.0. The monoisotopic (exact) mass is 531 g/mol. The van der Waals surface area contributed by atoms with Crippen LogP contribution in [-0.4, -0.2) is 56.0 Å². The van der Waals surface area contributed by atoms with Crippen LogP contribution in [0.25, 0.3) is 43.4 Å². The number of rotatable bonds is 4. The standard InChI is InChI=1S/C31H25N5O4/c32-30-28-29(36(16-35-28)25-13-23(38)24(15-37)40-25)20(14-34-30)5-2-12-33-31(39)22-11-9-19-7-6-17-3-1-4-18-8-10-21(22)27(19)26(17)18/h1,3-4,6-11,14,16,23-25,37-38H,12-13,15H2,(H2,32,34)(H,33,39)/t23-,24+,25+/m0/s1. The van der Waals surface area contributed by atoms with E-state index in [1.165, 1.54) is 0 Å². The number of hydrogen-bond donors (Lipinski definition) is 4. The molecule has 0 radical (unpaired) electrons. The van der Waals surface area contributed by atoms with E-state index in [2.05, 4.69) is 57.5 Å². The molecule has 9 heteroatoms. The van der Waals surface area contributed by atoms with E-state index in [4.69, 9.17) is 10.5 Å². The predicted octanol–water partition coefficient (Wildman–Crippen LogP) is 3.33. The first-order chi connectivity index (χ1) is 19.5. The van der Waals surface area contributed by atoms with Crippen LogP contribution >= 0.6 is 0 Å². The molecule has 0 saturated carbocycles. The Bertz CT molecular complexity index is 1970. The Kier molecular flexibility index (Phi) is 5.75. The molecule has 6 aromatic rings. The van der Waals surface area contributed by atoms with Gasteiger partial charge in [-0.3, -0.25) is 4.79 Å². The Morgan fingerprint density at radius 2 is 1.82 bits per heavy atom. The highest BCUT2D eigenvalue weighted by molar-refractivity contribution is 6.26. The fourth-order valence-electron chi connectivity index (χ4n) is 5.72. The van der Waals surface area contributed by atoms with Gasteiger partial charge in [-0.15, -0.1) is 0 Å². The number of aliphatic hydroxyl groups is 2. The quantitative estimate of drug-likeness (QED) is 0.202. The van der Waals surface area contributed by atoms with Crippen molar-refractivity contribution in [1.82, 2.24) is 19.9 Å². The van der Waals surface area contributed by atoms with Crippen LogP contribution in [0.4, 0.5) is 5.82 Å². The molecule has 0 spiro atoms. The molecule has 1 aliphatic heterocycles. The molecule has 1 amide bonds. The number of carbonyl (C=O) groups is 1. The molecule has 3 heterocycles. The van der Waals surface area contributed by atoms with Crippen LogP contribution in [0.1, 0.15) is 28.6 Å². The first kappa shape index (κ1) is 24.3. The maximum atomic E-state index is 13.3. The summed E-state index contributed by atoms with van der Waals surface area (Å²) < 4.78 is 7.56. The van der Waals surface area contributed by atoms with Crippen molar-refractivity contribution in [3.05, 3.63) is 78.2 Å². The summed E-state index contributed by atoms with van der Waals surface area (Å²) in [7, 11) is 0. The number of nitrogens with two attached hydrogens (primary N) is 1. The molecule has 0 unspecified atom stereocenters. The smallest absolute Gasteiger partial charge is 0.252 e. The van der Waals surface area contributed by atoms with Gasteiger partial charge in [0.05, 0.1) is 36.7 Å². The molecule has 4 aromatic carbocycles. The fraction of sp³-hybridized carbons (Fsp3) is 0.194. The second-order valence-electron chi connectivity index (χ2n) is 9.97. The lowest BCUT2D eigenvalue weighted by atomic mass is 9.92. The van der Waals surface area contributed by atoms with Gasteiger partial charge in [0.1, 0.15) is 17.8 Å². The number of imidazole rings is 1. The normalized spacial score (nSPS) is 19.0. The third-order valence-corrected chi connectivity index (χ3v) is 7.65. The van der Waals surface area contributed by atoms with Crippen LogP contribution in [0.3, 0.4) is 0 Å². The van der Waals surface area contributed by atoms with Gasteiger partial charge in [-0.1, -0.05) is 60.4 Å². The van der Waals surface area contributed by atoms with Gasteiger partial charge in [-0.2, -0.15) is 0 Å². The number of nitrogen functional groups attached to an aromatic ring is 1. The number of ether oxygens (including phenoxy) is 1. The largest absolute Gasteiger partial charge is 0.394 e. The number of hydrogen-bond acceptors (Lipinski definition) is 7. The van der Waals surface area contributed by atoms with Gasteiger partial charge < -0.3 is 30.6 Å². The maximum Gasteiger partial charge on any atom is 0.252 e. The zero-order valence-electron chi connectivity index (χ0n) is 21.3. The highest BCUT2D eigenvalue weighted by atomic mass is 16.5. The van der Waals surface area contributed by atoms with Gasteiger partial charge in [0.2, 0.25) is 0 Å². The third-order valence-electron chi connectivity index (χ3n) is 7.65. The van der Waals surface area contributed by atoms with Crippen LogP contribution in [0.15, 0.2) is 67.1 Å². The highest BCUT2D eigenvalue weighted by Gasteiger charge is 2.35. The van der Waals surface area contributed by atoms with Crippen molar-refractivity contribution in [2.75, 3.05) is 18.9 Å². The van der Waals surface area contributed by atoms with E-state index in [9.17, 15) is 15.0 Å². The average Bonchev–Trinajstić information content (AvgIpc) is 3.59. The Balaban J connectivity index is 1.17. The van der Waals surface area contributed by atoms with Gasteiger partial charge in [0.15, 0.2) is 5.82 Å². The van der Waals surface area contributed by atoms with E-state index in [0.29, 0.717) is 28.6 Å². The Labute approximate surface area is 228 Å². The zero-order chi connectivity index (χ0) is 27.4. The van der Waals surface area contributed by atoms with Crippen molar-refractivity contribution < 1.29 is 19.7 Å². The molecule has 1 saturated heterocycles. The minimum absolute atomic E-state index is 0.117. The molecule has 1 fully saturated rings. The number of carbonyl (C=O) groups excluding carboxylic acids is 1. The summed E-state index contributed by atoms with van der Waals surface area (Å²) in [6.45, 7) is -0.168. The summed E-state index contributed by atoms with van der Waals surface area (Å²) in [5, 5.41) is 29.1. The first-order valence-electron chi connectivity index (χ1n) is 13.0. The van der Waals surface area contributed by atoms with Crippen molar-refractivity contribution in [3.8, 4) is 11.8 Å². The molecule has 40 heavy (non-hydrogen) atoms. The molecule has 198 valence electrons. The van der Waals surface area contributed by atoms with Crippen molar-refractivity contribution in [1.29, 1.82) is 0 Å². The molecule has 0 aliphatic carbocycles. The Morgan fingerprint density at radius 3 is 2.60 bits per heavy atom. The van der Waals surface area contributed by atoms with Crippen LogP contribution < -0.4 is 11.1 Å². The number of anilines is 1. The zero-order valence-corrected chi connectivity index (χ0v) is 21.3. The molecule has 2 aromatic heterocycles. The van der Waals surface area contributed by atoms with E-state index in [-0.39, 0.29) is 24.9 Å². The van der Waals surface area contributed by atoms with E-state index in [1.807, 2.05) is 24.3 Å². The summed E-state index contributed by atoms with van der Waals surface area (Å²) in [6.07, 6.45) is 1.42. The summed E-state index contributed by atoms with van der Waals surface area (Å²) >= 11 is 0. The molecule has 7 rings (SSSR count). The molecule has 0 bridgehead atoms. The number of fused-ring (bicyclic) bond motifs is 1. The lowest BCUT2D eigenvalue weighted by Gasteiger charge is -2.15.